The van der Waals surface area contributed by atoms with Crippen molar-refractivity contribution in [3.63, 3.8) is 0 Å². The summed E-state index contributed by atoms with van der Waals surface area (Å²) in [7, 11) is 1.64. The van der Waals surface area contributed by atoms with E-state index in [1.807, 2.05) is 24.3 Å². The van der Waals surface area contributed by atoms with Gasteiger partial charge in [0.1, 0.15) is 5.75 Å². The molecule has 5 heteroatoms. The Morgan fingerprint density at radius 2 is 1.90 bits per heavy atom. The number of aliphatic hydroxyl groups is 1. The van der Waals surface area contributed by atoms with Crippen LogP contribution >= 0.6 is 12.2 Å². The first kappa shape index (κ1) is 17.7. The molecule has 118 valence electrons. The van der Waals surface area contributed by atoms with Crippen molar-refractivity contribution in [1.29, 1.82) is 0 Å². The Labute approximate surface area is 132 Å². The van der Waals surface area contributed by atoms with E-state index in [-0.39, 0.29) is 0 Å². The molecule has 21 heavy (non-hydrogen) atoms. The standard InChI is InChI=1S/C16H26N2O2S/c1-12(2)18-16(21)17-11-5-4-6-15(19)13-7-9-14(20-3)10-8-13/h7-10,12,15,19H,4-6,11H2,1-3H3,(H2,17,18,21). The molecular weight excluding hydrogens is 284 g/mol. The number of thiocarbonyl (C=S) groups is 1. The van der Waals surface area contributed by atoms with E-state index in [0.29, 0.717) is 11.2 Å². The number of aliphatic hydroxyl groups excluding tert-OH is 1. The van der Waals surface area contributed by atoms with Crippen LogP contribution in [0, 0.1) is 0 Å². The third kappa shape index (κ3) is 7.29. The van der Waals surface area contributed by atoms with Gasteiger partial charge in [0.25, 0.3) is 0 Å². The highest BCUT2D eigenvalue weighted by Gasteiger charge is 2.07. The lowest BCUT2D eigenvalue weighted by Gasteiger charge is -2.14. The number of nitrogens with one attached hydrogen (secondary N) is 2. The van der Waals surface area contributed by atoms with E-state index in [0.717, 1.165) is 37.1 Å². The maximum atomic E-state index is 10.1. The minimum atomic E-state index is -0.420. The predicted molar refractivity (Wildman–Crippen MR) is 90.7 cm³/mol. The van der Waals surface area contributed by atoms with E-state index in [9.17, 15) is 5.11 Å². The van der Waals surface area contributed by atoms with Gasteiger partial charge in [-0.15, -0.1) is 0 Å². The fraction of sp³-hybridized carbons (Fsp3) is 0.562. The second kappa shape index (κ2) is 9.58. The monoisotopic (exact) mass is 310 g/mol. The highest BCUT2D eigenvalue weighted by atomic mass is 32.1. The van der Waals surface area contributed by atoms with Crippen molar-refractivity contribution in [2.24, 2.45) is 0 Å². The Morgan fingerprint density at radius 3 is 2.48 bits per heavy atom. The van der Waals surface area contributed by atoms with E-state index in [1.54, 1.807) is 7.11 Å². The zero-order valence-electron chi connectivity index (χ0n) is 13.1. The summed E-state index contributed by atoms with van der Waals surface area (Å²) >= 11 is 5.15. The molecular formula is C16H26N2O2S. The minimum Gasteiger partial charge on any atom is -0.497 e. The van der Waals surface area contributed by atoms with Crippen LogP contribution in [-0.4, -0.2) is 29.9 Å². The van der Waals surface area contributed by atoms with Crippen molar-refractivity contribution in [3.05, 3.63) is 29.8 Å². The van der Waals surface area contributed by atoms with Crippen molar-refractivity contribution in [2.75, 3.05) is 13.7 Å². The molecule has 1 aromatic carbocycles. The van der Waals surface area contributed by atoms with Crippen LogP contribution in [0.4, 0.5) is 0 Å². The molecule has 0 spiro atoms. The molecule has 0 aliphatic carbocycles. The Hall–Kier alpha value is -1.33. The maximum Gasteiger partial charge on any atom is 0.166 e. The number of hydrogen-bond donors (Lipinski definition) is 3. The normalized spacial score (nSPS) is 12.0. The van der Waals surface area contributed by atoms with Crippen molar-refractivity contribution >= 4 is 17.3 Å². The van der Waals surface area contributed by atoms with Gasteiger partial charge in [0.2, 0.25) is 0 Å². The number of benzene rings is 1. The Bertz CT molecular complexity index is 421. The van der Waals surface area contributed by atoms with Crippen LogP contribution in [0.2, 0.25) is 0 Å². The van der Waals surface area contributed by atoms with Gasteiger partial charge in [0.15, 0.2) is 5.11 Å². The van der Waals surface area contributed by atoms with Gasteiger partial charge >= 0.3 is 0 Å². The van der Waals surface area contributed by atoms with E-state index in [2.05, 4.69) is 24.5 Å². The van der Waals surface area contributed by atoms with Gasteiger partial charge in [0, 0.05) is 12.6 Å². The summed E-state index contributed by atoms with van der Waals surface area (Å²) in [6, 6.07) is 7.90. The molecule has 1 rings (SSSR count). The molecule has 1 atom stereocenters. The smallest absolute Gasteiger partial charge is 0.166 e. The lowest BCUT2D eigenvalue weighted by Crippen LogP contribution is -2.39. The van der Waals surface area contributed by atoms with Gasteiger partial charge < -0.3 is 20.5 Å². The lowest BCUT2D eigenvalue weighted by molar-refractivity contribution is 0.164. The van der Waals surface area contributed by atoms with Crippen LogP contribution in [0.25, 0.3) is 0 Å². The molecule has 0 fully saturated rings. The van der Waals surface area contributed by atoms with Gasteiger partial charge in [-0.05, 0) is 63.0 Å². The molecule has 4 nitrogen and oxygen atoms in total. The highest BCUT2D eigenvalue weighted by molar-refractivity contribution is 7.80. The number of unbranched alkanes of at least 4 members (excludes halogenated alkanes) is 1. The zero-order valence-corrected chi connectivity index (χ0v) is 13.9. The number of methoxy groups -OCH3 is 1. The van der Waals surface area contributed by atoms with Gasteiger partial charge in [0.05, 0.1) is 13.2 Å². The number of ether oxygens (including phenoxy) is 1. The Morgan fingerprint density at radius 1 is 1.24 bits per heavy atom. The largest absolute Gasteiger partial charge is 0.497 e. The molecule has 3 N–H and O–H groups in total. The maximum absolute atomic E-state index is 10.1. The number of rotatable bonds is 8. The van der Waals surface area contributed by atoms with Crippen LogP contribution in [0.15, 0.2) is 24.3 Å². The average molecular weight is 310 g/mol. The molecule has 1 unspecified atom stereocenters. The van der Waals surface area contributed by atoms with Crippen LogP contribution in [-0.2, 0) is 0 Å². The first-order valence-electron chi connectivity index (χ1n) is 7.39. The first-order chi connectivity index (χ1) is 10.0. The summed E-state index contributed by atoms with van der Waals surface area (Å²) in [5.74, 6) is 0.807. The summed E-state index contributed by atoms with van der Waals surface area (Å²) < 4.78 is 5.10. The van der Waals surface area contributed by atoms with E-state index in [4.69, 9.17) is 17.0 Å². The van der Waals surface area contributed by atoms with Gasteiger partial charge in [-0.1, -0.05) is 12.1 Å². The second-order valence-corrected chi connectivity index (χ2v) is 5.75. The zero-order chi connectivity index (χ0) is 15.7. The summed E-state index contributed by atoms with van der Waals surface area (Å²) in [6.07, 6.45) is 2.26. The molecule has 0 bridgehead atoms. The molecule has 0 aliphatic rings. The van der Waals surface area contributed by atoms with Gasteiger partial charge in [-0.2, -0.15) is 0 Å². The fourth-order valence-corrected chi connectivity index (χ4v) is 2.31. The topological polar surface area (TPSA) is 53.5 Å². The molecule has 0 saturated heterocycles. The second-order valence-electron chi connectivity index (χ2n) is 5.34. The van der Waals surface area contributed by atoms with Crippen LogP contribution < -0.4 is 15.4 Å². The van der Waals surface area contributed by atoms with Crippen molar-refractivity contribution in [2.45, 2.75) is 45.3 Å². The van der Waals surface area contributed by atoms with Crippen molar-refractivity contribution in [1.82, 2.24) is 10.6 Å². The summed E-state index contributed by atoms with van der Waals surface area (Å²) in [4.78, 5) is 0. The van der Waals surface area contributed by atoms with E-state index in [1.165, 1.54) is 0 Å². The third-order valence-electron chi connectivity index (χ3n) is 3.11. The number of hydrogen-bond acceptors (Lipinski definition) is 3. The molecule has 0 aliphatic heterocycles. The summed E-state index contributed by atoms with van der Waals surface area (Å²) in [6.45, 7) is 4.94. The average Bonchev–Trinajstić information content (AvgIpc) is 2.46. The Kier molecular flexibility index (Phi) is 8.08. The highest BCUT2D eigenvalue weighted by Crippen LogP contribution is 2.21. The van der Waals surface area contributed by atoms with Crippen molar-refractivity contribution < 1.29 is 9.84 Å². The van der Waals surface area contributed by atoms with Crippen molar-refractivity contribution in [3.8, 4) is 5.75 Å². The Balaban J connectivity index is 2.18. The molecule has 1 aromatic rings. The quantitative estimate of drug-likeness (QED) is 0.509. The molecule has 0 amide bonds. The van der Waals surface area contributed by atoms with E-state index < -0.39 is 6.10 Å². The molecule has 0 saturated carbocycles. The predicted octanol–water partition coefficient (Wildman–Crippen LogP) is 2.77. The van der Waals surface area contributed by atoms with E-state index >= 15 is 0 Å². The molecule has 0 aromatic heterocycles. The third-order valence-corrected chi connectivity index (χ3v) is 3.37. The first-order valence-corrected chi connectivity index (χ1v) is 7.80. The minimum absolute atomic E-state index is 0.349. The van der Waals surface area contributed by atoms with Crippen LogP contribution in [0.3, 0.4) is 0 Å². The van der Waals surface area contributed by atoms with Gasteiger partial charge in [-0.3, -0.25) is 0 Å². The SMILES string of the molecule is COc1ccc(C(O)CCCCNC(=S)NC(C)C)cc1. The molecule has 0 heterocycles. The summed E-state index contributed by atoms with van der Waals surface area (Å²) in [5.41, 5.74) is 0.931. The van der Waals surface area contributed by atoms with Crippen LogP contribution in [0.1, 0.15) is 44.8 Å². The fourth-order valence-electron chi connectivity index (χ4n) is 1.97. The summed E-state index contributed by atoms with van der Waals surface area (Å²) in [5, 5.41) is 17.1. The van der Waals surface area contributed by atoms with Crippen LogP contribution in [0.5, 0.6) is 5.75 Å². The molecule has 0 radical (unpaired) electrons. The van der Waals surface area contributed by atoms with Gasteiger partial charge in [-0.25, -0.2) is 0 Å². The lowest BCUT2D eigenvalue weighted by atomic mass is 10.0.